The second kappa shape index (κ2) is 8.97. The lowest BCUT2D eigenvalue weighted by molar-refractivity contribution is 0.579. The number of nitrogens with zero attached hydrogens (tertiary/aromatic N) is 1. The van der Waals surface area contributed by atoms with Gasteiger partial charge in [0, 0.05) is 31.2 Å². The highest BCUT2D eigenvalue weighted by atomic mass is 35.5. The van der Waals surface area contributed by atoms with Crippen LogP contribution in [0.5, 0.6) is 0 Å². The SMILES string of the molecule is CCC(C)NC(=NC)NCCNS(=O)(=O)c1cccc(Cl)c1. The molecular weight excluding hydrogens is 324 g/mol. The minimum Gasteiger partial charge on any atom is -0.355 e. The van der Waals surface area contributed by atoms with Crippen LogP contribution in [0.25, 0.3) is 0 Å². The molecule has 0 heterocycles. The number of hydrogen-bond acceptors (Lipinski definition) is 3. The largest absolute Gasteiger partial charge is 0.355 e. The van der Waals surface area contributed by atoms with Crippen LogP contribution in [0.2, 0.25) is 5.02 Å². The van der Waals surface area contributed by atoms with Crippen LogP contribution in [0.3, 0.4) is 0 Å². The third-order valence-corrected chi connectivity index (χ3v) is 4.73. The van der Waals surface area contributed by atoms with Gasteiger partial charge in [-0.1, -0.05) is 24.6 Å². The van der Waals surface area contributed by atoms with Gasteiger partial charge in [0.15, 0.2) is 5.96 Å². The van der Waals surface area contributed by atoms with E-state index in [1.807, 2.05) is 0 Å². The predicted molar refractivity (Wildman–Crippen MR) is 90.9 cm³/mol. The van der Waals surface area contributed by atoms with Gasteiger partial charge in [-0.05, 0) is 31.5 Å². The summed E-state index contributed by atoms with van der Waals surface area (Å²) in [5.74, 6) is 0.649. The number of sulfonamides is 1. The monoisotopic (exact) mass is 346 g/mol. The van der Waals surface area contributed by atoms with Crippen LogP contribution in [-0.4, -0.2) is 40.6 Å². The minimum atomic E-state index is -3.55. The van der Waals surface area contributed by atoms with Gasteiger partial charge < -0.3 is 10.6 Å². The maximum absolute atomic E-state index is 12.1. The Bertz CT molecular complexity index is 605. The zero-order chi connectivity index (χ0) is 16.6. The van der Waals surface area contributed by atoms with Crippen molar-refractivity contribution in [3.8, 4) is 0 Å². The molecule has 1 rings (SSSR count). The van der Waals surface area contributed by atoms with Gasteiger partial charge in [0.25, 0.3) is 0 Å². The van der Waals surface area contributed by atoms with E-state index in [1.165, 1.54) is 12.1 Å². The predicted octanol–water partition coefficient (Wildman–Crippen LogP) is 1.58. The molecule has 1 aromatic carbocycles. The Balaban J connectivity index is 2.46. The van der Waals surface area contributed by atoms with Gasteiger partial charge in [-0.3, -0.25) is 4.99 Å². The highest BCUT2D eigenvalue weighted by molar-refractivity contribution is 7.89. The number of hydrogen-bond donors (Lipinski definition) is 3. The zero-order valence-corrected chi connectivity index (χ0v) is 14.6. The molecular formula is C14H23ClN4O2S. The van der Waals surface area contributed by atoms with Crippen molar-refractivity contribution in [2.75, 3.05) is 20.1 Å². The number of aliphatic imine (C=N–C) groups is 1. The van der Waals surface area contributed by atoms with E-state index in [0.717, 1.165) is 6.42 Å². The van der Waals surface area contributed by atoms with Gasteiger partial charge in [0.05, 0.1) is 4.90 Å². The lowest BCUT2D eigenvalue weighted by Gasteiger charge is -2.16. The molecule has 1 atom stereocenters. The summed E-state index contributed by atoms with van der Waals surface area (Å²) in [6.45, 7) is 4.80. The van der Waals surface area contributed by atoms with E-state index in [1.54, 1.807) is 19.2 Å². The van der Waals surface area contributed by atoms with Crippen molar-refractivity contribution in [3.63, 3.8) is 0 Å². The van der Waals surface area contributed by atoms with Crippen LogP contribution >= 0.6 is 11.6 Å². The Labute approximate surface area is 137 Å². The summed E-state index contributed by atoms with van der Waals surface area (Å²) in [7, 11) is -1.88. The molecule has 0 bridgehead atoms. The molecule has 8 heteroatoms. The molecule has 0 amide bonds. The van der Waals surface area contributed by atoms with Crippen molar-refractivity contribution in [3.05, 3.63) is 29.3 Å². The molecule has 0 aliphatic carbocycles. The maximum atomic E-state index is 12.1. The first-order valence-electron chi connectivity index (χ1n) is 7.11. The molecule has 1 unspecified atom stereocenters. The fraction of sp³-hybridized carbons (Fsp3) is 0.500. The van der Waals surface area contributed by atoms with Crippen LogP contribution in [0, 0.1) is 0 Å². The quantitative estimate of drug-likeness (QED) is 0.398. The fourth-order valence-corrected chi connectivity index (χ4v) is 2.95. The number of nitrogens with one attached hydrogen (secondary N) is 3. The molecule has 0 aromatic heterocycles. The topological polar surface area (TPSA) is 82.6 Å². The Kier molecular flexibility index (Phi) is 7.64. The Morgan fingerprint density at radius 2 is 2.09 bits per heavy atom. The molecule has 0 radical (unpaired) electrons. The summed E-state index contributed by atoms with van der Waals surface area (Å²) in [4.78, 5) is 4.23. The summed E-state index contributed by atoms with van der Waals surface area (Å²) < 4.78 is 26.7. The lowest BCUT2D eigenvalue weighted by atomic mass is 10.3. The summed E-state index contributed by atoms with van der Waals surface area (Å²) in [6, 6.07) is 6.46. The highest BCUT2D eigenvalue weighted by Gasteiger charge is 2.13. The molecule has 0 saturated carbocycles. The van der Waals surface area contributed by atoms with Crippen LogP contribution in [0.1, 0.15) is 20.3 Å². The molecule has 22 heavy (non-hydrogen) atoms. The Morgan fingerprint density at radius 1 is 1.36 bits per heavy atom. The molecule has 0 saturated heterocycles. The first kappa shape index (κ1) is 18.7. The van der Waals surface area contributed by atoms with E-state index < -0.39 is 10.0 Å². The number of halogens is 1. The summed E-state index contributed by atoms with van der Waals surface area (Å²) in [5.41, 5.74) is 0. The third-order valence-electron chi connectivity index (χ3n) is 3.04. The average molecular weight is 347 g/mol. The van der Waals surface area contributed by atoms with E-state index in [2.05, 4.69) is 34.2 Å². The first-order valence-corrected chi connectivity index (χ1v) is 8.97. The average Bonchev–Trinajstić information content (AvgIpc) is 2.50. The van der Waals surface area contributed by atoms with Crippen LogP contribution in [0.15, 0.2) is 34.2 Å². The van der Waals surface area contributed by atoms with E-state index >= 15 is 0 Å². The smallest absolute Gasteiger partial charge is 0.240 e. The second-order valence-corrected chi connectivity index (χ2v) is 7.01. The Morgan fingerprint density at radius 3 is 2.68 bits per heavy atom. The molecule has 0 aliphatic heterocycles. The van der Waals surface area contributed by atoms with Crippen molar-refractivity contribution in [2.45, 2.75) is 31.2 Å². The fourth-order valence-electron chi connectivity index (χ4n) is 1.61. The number of guanidine groups is 1. The van der Waals surface area contributed by atoms with E-state index in [4.69, 9.17) is 11.6 Å². The van der Waals surface area contributed by atoms with Gasteiger partial charge in [-0.25, -0.2) is 13.1 Å². The minimum absolute atomic E-state index is 0.155. The standard InChI is InChI=1S/C14H23ClN4O2S/c1-4-11(2)19-14(16-3)17-8-9-18-22(20,21)13-7-5-6-12(15)10-13/h5-7,10-11,18H,4,8-9H2,1-3H3,(H2,16,17,19). The molecule has 6 nitrogen and oxygen atoms in total. The van der Waals surface area contributed by atoms with Crippen molar-refractivity contribution < 1.29 is 8.42 Å². The lowest BCUT2D eigenvalue weighted by Crippen LogP contribution is -2.44. The summed E-state index contributed by atoms with van der Waals surface area (Å²) in [6.07, 6.45) is 0.974. The van der Waals surface area contributed by atoms with Crippen LogP contribution < -0.4 is 15.4 Å². The first-order chi connectivity index (χ1) is 10.4. The van der Waals surface area contributed by atoms with E-state index in [9.17, 15) is 8.42 Å². The van der Waals surface area contributed by atoms with E-state index in [-0.39, 0.29) is 11.4 Å². The van der Waals surface area contributed by atoms with Gasteiger partial charge in [-0.2, -0.15) is 0 Å². The van der Waals surface area contributed by atoms with Gasteiger partial charge in [0.1, 0.15) is 0 Å². The highest BCUT2D eigenvalue weighted by Crippen LogP contribution is 2.14. The van der Waals surface area contributed by atoms with Gasteiger partial charge in [0.2, 0.25) is 10.0 Å². The zero-order valence-electron chi connectivity index (χ0n) is 13.1. The molecule has 0 fully saturated rings. The van der Waals surface area contributed by atoms with E-state index in [0.29, 0.717) is 23.6 Å². The maximum Gasteiger partial charge on any atom is 0.240 e. The van der Waals surface area contributed by atoms with Crippen LogP contribution in [-0.2, 0) is 10.0 Å². The van der Waals surface area contributed by atoms with Crippen molar-refractivity contribution in [2.24, 2.45) is 4.99 Å². The molecule has 0 aliphatic rings. The molecule has 124 valence electrons. The summed E-state index contributed by atoms with van der Waals surface area (Å²) in [5, 5.41) is 6.64. The third kappa shape index (κ3) is 6.21. The molecule has 0 spiro atoms. The van der Waals surface area contributed by atoms with Crippen molar-refractivity contribution >= 4 is 27.6 Å². The van der Waals surface area contributed by atoms with Crippen molar-refractivity contribution in [1.29, 1.82) is 0 Å². The molecule has 3 N–H and O–H groups in total. The number of benzene rings is 1. The summed E-state index contributed by atoms with van der Waals surface area (Å²) >= 11 is 5.81. The normalized spacial score (nSPS) is 13.7. The van der Waals surface area contributed by atoms with Gasteiger partial charge in [-0.15, -0.1) is 0 Å². The second-order valence-electron chi connectivity index (χ2n) is 4.81. The van der Waals surface area contributed by atoms with Crippen LogP contribution in [0.4, 0.5) is 0 Å². The molecule has 1 aromatic rings. The van der Waals surface area contributed by atoms with Gasteiger partial charge >= 0.3 is 0 Å². The Hall–Kier alpha value is -1.31. The number of rotatable bonds is 7. The van der Waals surface area contributed by atoms with Crippen molar-refractivity contribution in [1.82, 2.24) is 15.4 Å².